The van der Waals surface area contributed by atoms with Gasteiger partial charge in [0.25, 0.3) is 0 Å². The van der Waals surface area contributed by atoms with Crippen molar-refractivity contribution < 1.29 is 4.79 Å². The predicted octanol–water partition coefficient (Wildman–Crippen LogP) is 2.56. The Labute approximate surface area is 111 Å². The molecule has 1 N–H and O–H groups in total. The highest BCUT2D eigenvalue weighted by atomic mass is 16.2. The molecule has 3 heteroatoms. The molecule has 0 aromatic rings. The minimum atomic E-state index is 0.349. The van der Waals surface area contributed by atoms with Crippen molar-refractivity contribution in [1.82, 2.24) is 10.2 Å². The zero-order chi connectivity index (χ0) is 13.0. The topological polar surface area (TPSA) is 32.3 Å². The van der Waals surface area contributed by atoms with E-state index >= 15 is 0 Å². The Morgan fingerprint density at radius 1 is 1.22 bits per heavy atom. The minimum Gasteiger partial charge on any atom is -0.343 e. The molecule has 1 heterocycles. The Bertz CT molecular complexity index is 274. The number of hydrogen-bond acceptors (Lipinski definition) is 2. The van der Waals surface area contributed by atoms with E-state index in [1.165, 1.54) is 38.5 Å². The molecule has 18 heavy (non-hydrogen) atoms. The summed E-state index contributed by atoms with van der Waals surface area (Å²) < 4.78 is 0. The maximum atomic E-state index is 12.2. The first-order valence-electron chi connectivity index (χ1n) is 7.67. The van der Waals surface area contributed by atoms with Crippen molar-refractivity contribution in [2.24, 2.45) is 5.92 Å². The summed E-state index contributed by atoms with van der Waals surface area (Å²) in [6, 6.07) is 1.08. The molecule has 1 saturated heterocycles. The van der Waals surface area contributed by atoms with Crippen LogP contribution in [-0.2, 0) is 4.79 Å². The Hall–Kier alpha value is -0.570. The summed E-state index contributed by atoms with van der Waals surface area (Å²) in [6.45, 7) is 3.43. The Kier molecular flexibility index (Phi) is 5.04. The maximum Gasteiger partial charge on any atom is 0.222 e. The SMILES string of the molecule is CC1CCCCC1N(C)C(=O)CCC1CCCN1. The smallest absolute Gasteiger partial charge is 0.222 e. The van der Waals surface area contributed by atoms with Crippen molar-refractivity contribution in [3.05, 3.63) is 0 Å². The van der Waals surface area contributed by atoms with Crippen molar-refractivity contribution in [1.29, 1.82) is 0 Å². The van der Waals surface area contributed by atoms with Crippen LogP contribution in [0.5, 0.6) is 0 Å². The van der Waals surface area contributed by atoms with Crippen LogP contribution >= 0.6 is 0 Å². The molecule has 3 atom stereocenters. The van der Waals surface area contributed by atoms with Gasteiger partial charge in [0.1, 0.15) is 0 Å². The van der Waals surface area contributed by atoms with Gasteiger partial charge >= 0.3 is 0 Å². The van der Waals surface area contributed by atoms with E-state index in [0.29, 0.717) is 23.9 Å². The van der Waals surface area contributed by atoms with E-state index in [1.807, 2.05) is 11.9 Å². The lowest BCUT2D eigenvalue weighted by Gasteiger charge is -2.36. The molecule has 104 valence electrons. The largest absolute Gasteiger partial charge is 0.343 e. The fourth-order valence-corrected chi connectivity index (χ4v) is 3.53. The summed E-state index contributed by atoms with van der Waals surface area (Å²) in [7, 11) is 2.01. The first-order valence-corrected chi connectivity index (χ1v) is 7.67. The first-order chi connectivity index (χ1) is 8.68. The summed E-state index contributed by atoms with van der Waals surface area (Å²) in [4.78, 5) is 14.3. The van der Waals surface area contributed by atoms with Crippen LogP contribution in [0.1, 0.15) is 58.3 Å². The maximum absolute atomic E-state index is 12.2. The van der Waals surface area contributed by atoms with Crippen LogP contribution in [0.4, 0.5) is 0 Å². The fraction of sp³-hybridized carbons (Fsp3) is 0.933. The molecule has 1 saturated carbocycles. The van der Waals surface area contributed by atoms with Gasteiger partial charge in [0, 0.05) is 25.6 Å². The molecule has 2 aliphatic rings. The molecule has 0 spiro atoms. The second kappa shape index (κ2) is 6.55. The van der Waals surface area contributed by atoms with Gasteiger partial charge in [0.15, 0.2) is 0 Å². The van der Waals surface area contributed by atoms with Gasteiger partial charge in [-0.15, -0.1) is 0 Å². The third-order valence-corrected chi connectivity index (χ3v) is 4.83. The van der Waals surface area contributed by atoms with Gasteiger partial charge in [-0.2, -0.15) is 0 Å². The summed E-state index contributed by atoms with van der Waals surface area (Å²) in [6.07, 6.45) is 9.37. The molecule has 2 fully saturated rings. The third-order valence-electron chi connectivity index (χ3n) is 4.83. The molecule has 0 aromatic heterocycles. The minimum absolute atomic E-state index is 0.349. The molecule has 0 radical (unpaired) electrons. The van der Waals surface area contributed by atoms with Crippen molar-refractivity contribution in [2.75, 3.05) is 13.6 Å². The number of nitrogens with zero attached hydrogens (tertiary/aromatic N) is 1. The van der Waals surface area contributed by atoms with Crippen molar-refractivity contribution in [2.45, 2.75) is 70.4 Å². The highest BCUT2D eigenvalue weighted by Crippen LogP contribution is 2.28. The number of carbonyl (C=O) groups excluding carboxylic acids is 1. The van der Waals surface area contributed by atoms with Crippen LogP contribution in [-0.4, -0.2) is 36.5 Å². The van der Waals surface area contributed by atoms with Crippen LogP contribution in [0.25, 0.3) is 0 Å². The molecule has 0 aromatic carbocycles. The first kappa shape index (κ1) is 13.9. The van der Waals surface area contributed by atoms with Gasteiger partial charge in [-0.3, -0.25) is 4.79 Å². The number of carbonyl (C=O) groups is 1. The number of amides is 1. The quantitative estimate of drug-likeness (QED) is 0.834. The number of rotatable bonds is 4. The molecule has 3 unspecified atom stereocenters. The second-order valence-electron chi connectivity index (χ2n) is 6.17. The molecule has 2 rings (SSSR count). The van der Waals surface area contributed by atoms with Gasteiger partial charge < -0.3 is 10.2 Å². The molecule has 1 amide bonds. The van der Waals surface area contributed by atoms with Crippen molar-refractivity contribution >= 4 is 5.91 Å². The summed E-state index contributed by atoms with van der Waals surface area (Å²) in [5.74, 6) is 1.03. The highest BCUT2D eigenvalue weighted by molar-refractivity contribution is 5.76. The van der Waals surface area contributed by atoms with E-state index in [-0.39, 0.29) is 0 Å². The monoisotopic (exact) mass is 252 g/mol. The van der Waals surface area contributed by atoms with E-state index in [0.717, 1.165) is 19.4 Å². The summed E-state index contributed by atoms with van der Waals surface area (Å²) in [5, 5.41) is 3.47. The molecule has 3 nitrogen and oxygen atoms in total. The van der Waals surface area contributed by atoms with Crippen LogP contribution in [0, 0.1) is 5.92 Å². The average molecular weight is 252 g/mol. The lowest BCUT2D eigenvalue weighted by atomic mass is 9.85. The molecule has 1 aliphatic heterocycles. The summed E-state index contributed by atoms with van der Waals surface area (Å²) >= 11 is 0. The van der Waals surface area contributed by atoms with Crippen LogP contribution < -0.4 is 5.32 Å². The molecule has 0 bridgehead atoms. The van der Waals surface area contributed by atoms with Crippen molar-refractivity contribution in [3.63, 3.8) is 0 Å². The van der Waals surface area contributed by atoms with E-state index < -0.39 is 0 Å². The lowest BCUT2D eigenvalue weighted by Crippen LogP contribution is -2.43. The van der Waals surface area contributed by atoms with E-state index in [2.05, 4.69) is 12.2 Å². The van der Waals surface area contributed by atoms with E-state index in [1.54, 1.807) is 0 Å². The molecule has 1 aliphatic carbocycles. The number of nitrogens with one attached hydrogen (secondary N) is 1. The second-order valence-corrected chi connectivity index (χ2v) is 6.17. The highest BCUT2D eigenvalue weighted by Gasteiger charge is 2.28. The third kappa shape index (κ3) is 3.47. The van der Waals surface area contributed by atoms with Gasteiger partial charge in [-0.25, -0.2) is 0 Å². The molecular weight excluding hydrogens is 224 g/mol. The van der Waals surface area contributed by atoms with E-state index in [9.17, 15) is 4.79 Å². The van der Waals surface area contributed by atoms with Gasteiger partial charge in [0.05, 0.1) is 0 Å². The average Bonchev–Trinajstić information content (AvgIpc) is 2.89. The predicted molar refractivity (Wildman–Crippen MR) is 74.4 cm³/mol. The standard InChI is InChI=1S/C15H28N2O/c1-12-6-3-4-8-14(12)17(2)15(18)10-9-13-7-5-11-16-13/h12-14,16H,3-11H2,1-2H3. The van der Waals surface area contributed by atoms with Gasteiger partial charge in [-0.1, -0.05) is 19.8 Å². The Morgan fingerprint density at radius 2 is 2.00 bits per heavy atom. The van der Waals surface area contributed by atoms with Crippen molar-refractivity contribution in [3.8, 4) is 0 Å². The zero-order valence-electron chi connectivity index (χ0n) is 12.0. The van der Waals surface area contributed by atoms with Crippen LogP contribution in [0.3, 0.4) is 0 Å². The van der Waals surface area contributed by atoms with Gasteiger partial charge in [-0.05, 0) is 44.6 Å². The Morgan fingerprint density at radius 3 is 2.67 bits per heavy atom. The molecular formula is C15H28N2O. The van der Waals surface area contributed by atoms with Crippen LogP contribution in [0.15, 0.2) is 0 Å². The van der Waals surface area contributed by atoms with Crippen LogP contribution in [0.2, 0.25) is 0 Å². The number of hydrogen-bond donors (Lipinski definition) is 1. The normalized spacial score (nSPS) is 32.4. The summed E-state index contributed by atoms with van der Waals surface area (Å²) in [5.41, 5.74) is 0. The lowest BCUT2D eigenvalue weighted by molar-refractivity contribution is -0.133. The Balaban J connectivity index is 1.76. The van der Waals surface area contributed by atoms with E-state index in [4.69, 9.17) is 0 Å². The van der Waals surface area contributed by atoms with Gasteiger partial charge in [0.2, 0.25) is 5.91 Å². The fourth-order valence-electron chi connectivity index (χ4n) is 3.53. The zero-order valence-corrected chi connectivity index (χ0v) is 12.0.